The van der Waals surface area contributed by atoms with Crippen LogP contribution in [0.5, 0.6) is 0 Å². The van der Waals surface area contributed by atoms with E-state index in [1.807, 2.05) is 41.3 Å². The van der Waals surface area contributed by atoms with Gasteiger partial charge in [-0.15, -0.1) is 0 Å². The van der Waals surface area contributed by atoms with E-state index in [9.17, 15) is 9.59 Å². The summed E-state index contributed by atoms with van der Waals surface area (Å²) < 4.78 is 5.16. The lowest BCUT2D eigenvalue weighted by molar-refractivity contribution is -0.145. The van der Waals surface area contributed by atoms with Crippen LogP contribution in [0.1, 0.15) is 12.5 Å². The highest BCUT2D eigenvalue weighted by Crippen LogP contribution is 2.36. The van der Waals surface area contributed by atoms with Gasteiger partial charge < -0.3 is 19.4 Å². The molecule has 6 heteroatoms. The average molecular weight is 379 g/mol. The Morgan fingerprint density at radius 3 is 2.54 bits per heavy atom. The third kappa shape index (κ3) is 3.73. The molecule has 2 aromatic carbocycles. The molecular formula is C22H25N3O3. The van der Waals surface area contributed by atoms with Crippen molar-refractivity contribution in [3.8, 4) is 0 Å². The van der Waals surface area contributed by atoms with Crippen LogP contribution in [0, 0.1) is 0 Å². The van der Waals surface area contributed by atoms with E-state index >= 15 is 0 Å². The first-order valence-electron chi connectivity index (χ1n) is 9.69. The summed E-state index contributed by atoms with van der Waals surface area (Å²) in [5.74, 6) is -0.169. The summed E-state index contributed by atoms with van der Waals surface area (Å²) >= 11 is 0. The van der Waals surface area contributed by atoms with E-state index in [0.717, 1.165) is 17.9 Å². The number of carbonyl (C=O) groups excluding carboxylic acids is 2. The Kier molecular flexibility index (Phi) is 5.30. The summed E-state index contributed by atoms with van der Waals surface area (Å²) in [6.07, 6.45) is 0. The number of carbonyl (C=O) groups is 2. The molecule has 2 amide bonds. The first-order valence-corrected chi connectivity index (χ1v) is 9.69. The van der Waals surface area contributed by atoms with Gasteiger partial charge in [0.2, 0.25) is 11.8 Å². The Labute approximate surface area is 165 Å². The molecule has 4 rings (SSSR count). The zero-order chi connectivity index (χ0) is 19.5. The molecule has 1 atom stereocenters. The first kappa shape index (κ1) is 18.5. The number of hydrogen-bond acceptors (Lipinski definition) is 4. The second-order valence-electron chi connectivity index (χ2n) is 7.32. The Bertz CT molecular complexity index is 855. The predicted molar refractivity (Wildman–Crippen MR) is 108 cm³/mol. The fourth-order valence-corrected chi connectivity index (χ4v) is 3.86. The number of ether oxygens (including phenoxy) is 1. The molecule has 0 aromatic heterocycles. The van der Waals surface area contributed by atoms with E-state index in [1.54, 1.807) is 4.90 Å². The molecule has 2 heterocycles. The quantitative estimate of drug-likeness (QED) is 0.818. The summed E-state index contributed by atoms with van der Waals surface area (Å²) in [5.41, 5.74) is 3.19. The van der Waals surface area contributed by atoms with Gasteiger partial charge in [-0.1, -0.05) is 42.5 Å². The van der Waals surface area contributed by atoms with Gasteiger partial charge in [0.05, 0.1) is 18.0 Å². The van der Waals surface area contributed by atoms with Crippen molar-refractivity contribution in [1.82, 2.24) is 4.90 Å². The van der Waals surface area contributed by atoms with Crippen molar-refractivity contribution in [3.63, 3.8) is 0 Å². The van der Waals surface area contributed by atoms with Crippen LogP contribution < -0.4 is 9.80 Å². The second kappa shape index (κ2) is 8.02. The van der Waals surface area contributed by atoms with E-state index in [4.69, 9.17) is 4.74 Å². The van der Waals surface area contributed by atoms with Crippen molar-refractivity contribution in [1.29, 1.82) is 0 Å². The van der Waals surface area contributed by atoms with Crippen molar-refractivity contribution < 1.29 is 14.3 Å². The molecule has 0 spiro atoms. The fraction of sp³-hybridized carbons (Fsp3) is 0.364. The van der Waals surface area contributed by atoms with Crippen LogP contribution in [0.25, 0.3) is 0 Å². The van der Waals surface area contributed by atoms with Crippen molar-refractivity contribution in [2.24, 2.45) is 0 Å². The van der Waals surface area contributed by atoms with E-state index in [0.29, 0.717) is 19.7 Å². The maximum Gasteiger partial charge on any atom is 0.249 e. The monoisotopic (exact) mass is 379 g/mol. The van der Waals surface area contributed by atoms with Gasteiger partial charge in [-0.05, 0) is 24.6 Å². The number of nitrogens with zero attached hydrogens (tertiary/aromatic N) is 3. The third-order valence-electron chi connectivity index (χ3n) is 5.37. The molecule has 1 fully saturated rings. The minimum absolute atomic E-state index is 0.0473. The summed E-state index contributed by atoms with van der Waals surface area (Å²) in [6, 6.07) is 18.5. The van der Waals surface area contributed by atoms with Crippen molar-refractivity contribution in [3.05, 3.63) is 60.2 Å². The largest absolute Gasteiger partial charge is 0.370 e. The van der Waals surface area contributed by atoms with Gasteiger partial charge in [-0.3, -0.25) is 9.59 Å². The molecule has 28 heavy (non-hydrogen) atoms. The maximum atomic E-state index is 13.1. The Balaban J connectivity index is 1.57. The fourth-order valence-electron chi connectivity index (χ4n) is 3.86. The lowest BCUT2D eigenvalue weighted by atomic mass is 10.1. The lowest BCUT2D eigenvalue weighted by Gasteiger charge is -2.43. The third-order valence-corrected chi connectivity index (χ3v) is 5.37. The molecule has 0 N–H and O–H groups in total. The highest BCUT2D eigenvalue weighted by molar-refractivity contribution is 6.00. The van der Waals surface area contributed by atoms with Crippen LogP contribution >= 0.6 is 0 Å². The number of para-hydroxylation sites is 2. The highest BCUT2D eigenvalue weighted by Gasteiger charge is 2.32. The lowest BCUT2D eigenvalue weighted by Crippen LogP contribution is -2.53. The van der Waals surface area contributed by atoms with Gasteiger partial charge >= 0.3 is 0 Å². The minimum Gasteiger partial charge on any atom is -0.370 e. The summed E-state index contributed by atoms with van der Waals surface area (Å²) in [7, 11) is 0. The standard InChI is InChI=1S/C22H25N3O3/c1-17-13-25(21(26)15-23-11-12-28-16-22(23)27)20-10-6-5-9-19(20)24(17)14-18-7-3-2-4-8-18/h2-10,17H,11-16H2,1H3. The normalized spacial score (nSPS) is 19.5. The van der Waals surface area contributed by atoms with Crippen LogP contribution in [0.4, 0.5) is 11.4 Å². The highest BCUT2D eigenvalue weighted by atomic mass is 16.5. The van der Waals surface area contributed by atoms with Gasteiger partial charge in [0.25, 0.3) is 0 Å². The SMILES string of the molecule is CC1CN(C(=O)CN2CCOCC2=O)c2ccccc2N1Cc1ccccc1. The topological polar surface area (TPSA) is 53.1 Å². The Morgan fingerprint density at radius 1 is 1.07 bits per heavy atom. The van der Waals surface area contributed by atoms with Crippen LogP contribution in [-0.2, 0) is 20.9 Å². The van der Waals surface area contributed by atoms with Crippen molar-refractivity contribution in [2.75, 3.05) is 42.6 Å². The molecule has 1 unspecified atom stereocenters. The molecule has 2 aliphatic rings. The van der Waals surface area contributed by atoms with Crippen molar-refractivity contribution >= 4 is 23.2 Å². The Hall–Kier alpha value is -2.86. The zero-order valence-electron chi connectivity index (χ0n) is 16.1. The van der Waals surface area contributed by atoms with Gasteiger partial charge in [-0.25, -0.2) is 0 Å². The molecule has 146 valence electrons. The van der Waals surface area contributed by atoms with Crippen LogP contribution in [0.15, 0.2) is 54.6 Å². The summed E-state index contributed by atoms with van der Waals surface area (Å²) in [6.45, 7) is 4.64. The smallest absolute Gasteiger partial charge is 0.249 e. The number of fused-ring (bicyclic) bond motifs is 1. The molecule has 0 radical (unpaired) electrons. The van der Waals surface area contributed by atoms with Gasteiger partial charge in [0, 0.05) is 25.7 Å². The van der Waals surface area contributed by atoms with Crippen LogP contribution in [-0.4, -0.2) is 55.6 Å². The Morgan fingerprint density at radius 2 is 1.79 bits per heavy atom. The zero-order valence-corrected chi connectivity index (χ0v) is 16.1. The van der Waals surface area contributed by atoms with Crippen molar-refractivity contribution in [2.45, 2.75) is 19.5 Å². The number of morpholine rings is 1. The van der Waals surface area contributed by atoms with E-state index < -0.39 is 0 Å². The number of benzene rings is 2. The van der Waals surface area contributed by atoms with Crippen LogP contribution in [0.2, 0.25) is 0 Å². The number of rotatable bonds is 4. The average Bonchev–Trinajstić information content (AvgIpc) is 2.72. The summed E-state index contributed by atoms with van der Waals surface area (Å²) in [5, 5.41) is 0. The van der Waals surface area contributed by atoms with Gasteiger partial charge in [0.1, 0.15) is 13.2 Å². The molecular weight excluding hydrogens is 354 g/mol. The first-order chi connectivity index (χ1) is 13.6. The van der Waals surface area contributed by atoms with E-state index in [-0.39, 0.29) is 31.0 Å². The molecule has 2 aromatic rings. The molecule has 0 bridgehead atoms. The molecule has 2 aliphatic heterocycles. The van der Waals surface area contributed by atoms with Crippen LogP contribution in [0.3, 0.4) is 0 Å². The van der Waals surface area contributed by atoms with E-state index in [2.05, 4.69) is 30.0 Å². The minimum atomic E-state index is -0.122. The second-order valence-corrected chi connectivity index (χ2v) is 7.32. The van der Waals surface area contributed by atoms with Gasteiger partial charge in [0.15, 0.2) is 0 Å². The molecule has 0 saturated carbocycles. The predicted octanol–water partition coefficient (Wildman–Crippen LogP) is 2.29. The van der Waals surface area contributed by atoms with Gasteiger partial charge in [-0.2, -0.15) is 0 Å². The molecule has 1 saturated heterocycles. The molecule has 6 nitrogen and oxygen atoms in total. The number of hydrogen-bond donors (Lipinski definition) is 0. The number of anilines is 2. The summed E-state index contributed by atoms with van der Waals surface area (Å²) in [4.78, 5) is 30.8. The number of amides is 2. The molecule has 0 aliphatic carbocycles. The maximum absolute atomic E-state index is 13.1. The van der Waals surface area contributed by atoms with E-state index in [1.165, 1.54) is 5.56 Å².